The standard InChI is InChI=1S/C13H14N2O4/c1-2-19-13(18)7-12(17)14-9-3-4-10-8(5-9)6-11(16)15-10/h3-5H,2,6-7H2,1H3,(H,14,17)(H,15,16). The highest BCUT2D eigenvalue weighted by Crippen LogP contribution is 2.25. The van der Waals surface area contributed by atoms with Crippen molar-refractivity contribution in [3.05, 3.63) is 23.8 Å². The van der Waals surface area contributed by atoms with Gasteiger partial charge in [0.25, 0.3) is 0 Å². The molecule has 0 saturated heterocycles. The third-order valence-electron chi connectivity index (χ3n) is 2.62. The zero-order valence-electron chi connectivity index (χ0n) is 10.5. The summed E-state index contributed by atoms with van der Waals surface area (Å²) in [6, 6.07) is 5.12. The third-order valence-corrected chi connectivity index (χ3v) is 2.62. The number of fused-ring (bicyclic) bond motifs is 1. The predicted molar refractivity (Wildman–Crippen MR) is 68.7 cm³/mol. The molecule has 0 aliphatic carbocycles. The Kier molecular flexibility index (Phi) is 3.79. The van der Waals surface area contributed by atoms with Gasteiger partial charge in [-0.3, -0.25) is 14.4 Å². The molecule has 1 aliphatic rings. The van der Waals surface area contributed by atoms with E-state index in [1.807, 2.05) is 0 Å². The lowest BCUT2D eigenvalue weighted by Gasteiger charge is -2.06. The first-order chi connectivity index (χ1) is 9.08. The molecule has 0 atom stereocenters. The quantitative estimate of drug-likeness (QED) is 0.628. The van der Waals surface area contributed by atoms with Crippen molar-refractivity contribution in [2.24, 2.45) is 0 Å². The van der Waals surface area contributed by atoms with Crippen molar-refractivity contribution < 1.29 is 19.1 Å². The molecule has 0 fully saturated rings. The molecule has 1 aromatic rings. The van der Waals surface area contributed by atoms with Crippen LogP contribution in [0.3, 0.4) is 0 Å². The molecule has 2 N–H and O–H groups in total. The molecule has 0 saturated carbocycles. The van der Waals surface area contributed by atoms with Crippen LogP contribution in [0.2, 0.25) is 0 Å². The fraction of sp³-hybridized carbons (Fsp3) is 0.308. The fourth-order valence-corrected chi connectivity index (χ4v) is 1.86. The van der Waals surface area contributed by atoms with Gasteiger partial charge in [0.1, 0.15) is 6.42 Å². The van der Waals surface area contributed by atoms with Crippen LogP contribution in [0.15, 0.2) is 18.2 Å². The van der Waals surface area contributed by atoms with Crippen molar-refractivity contribution in [3.63, 3.8) is 0 Å². The molecule has 1 heterocycles. The first kappa shape index (κ1) is 13.1. The first-order valence-electron chi connectivity index (χ1n) is 5.96. The maximum Gasteiger partial charge on any atom is 0.315 e. The molecule has 0 aromatic heterocycles. The number of hydrogen-bond acceptors (Lipinski definition) is 4. The summed E-state index contributed by atoms with van der Waals surface area (Å²) in [5.74, 6) is -1.06. The van der Waals surface area contributed by atoms with Gasteiger partial charge in [-0.15, -0.1) is 0 Å². The van der Waals surface area contributed by atoms with Crippen LogP contribution in [-0.4, -0.2) is 24.4 Å². The van der Waals surface area contributed by atoms with E-state index in [4.69, 9.17) is 0 Å². The van der Waals surface area contributed by atoms with E-state index in [9.17, 15) is 14.4 Å². The number of rotatable bonds is 4. The maximum atomic E-state index is 11.6. The van der Waals surface area contributed by atoms with Crippen LogP contribution in [0.5, 0.6) is 0 Å². The molecule has 0 bridgehead atoms. The summed E-state index contributed by atoms with van der Waals surface area (Å²) in [5.41, 5.74) is 2.15. The zero-order valence-corrected chi connectivity index (χ0v) is 10.5. The summed E-state index contributed by atoms with van der Waals surface area (Å²) in [6.45, 7) is 1.93. The van der Waals surface area contributed by atoms with Crippen LogP contribution in [0, 0.1) is 0 Å². The second-order valence-corrected chi connectivity index (χ2v) is 4.13. The molecule has 19 heavy (non-hydrogen) atoms. The van der Waals surface area contributed by atoms with Gasteiger partial charge in [-0.05, 0) is 30.7 Å². The smallest absolute Gasteiger partial charge is 0.315 e. The number of esters is 1. The maximum absolute atomic E-state index is 11.6. The van der Waals surface area contributed by atoms with Gasteiger partial charge in [0.05, 0.1) is 13.0 Å². The van der Waals surface area contributed by atoms with Gasteiger partial charge in [-0.25, -0.2) is 0 Å². The monoisotopic (exact) mass is 262 g/mol. The molecule has 1 aromatic carbocycles. The van der Waals surface area contributed by atoms with Crippen LogP contribution >= 0.6 is 0 Å². The third kappa shape index (κ3) is 3.31. The average molecular weight is 262 g/mol. The Labute approximate surface area is 110 Å². The van der Waals surface area contributed by atoms with Gasteiger partial charge in [0.15, 0.2) is 0 Å². The van der Waals surface area contributed by atoms with Gasteiger partial charge < -0.3 is 15.4 Å². The molecule has 6 nitrogen and oxygen atoms in total. The van der Waals surface area contributed by atoms with E-state index in [0.717, 1.165) is 11.3 Å². The van der Waals surface area contributed by atoms with Crippen LogP contribution in [0.4, 0.5) is 11.4 Å². The summed E-state index contributed by atoms with van der Waals surface area (Å²) < 4.78 is 4.68. The van der Waals surface area contributed by atoms with E-state index in [-0.39, 0.29) is 18.9 Å². The van der Waals surface area contributed by atoms with E-state index in [1.54, 1.807) is 25.1 Å². The number of ether oxygens (including phenoxy) is 1. The van der Waals surface area contributed by atoms with Crippen molar-refractivity contribution in [1.82, 2.24) is 0 Å². The normalized spacial score (nSPS) is 12.6. The minimum Gasteiger partial charge on any atom is -0.466 e. The predicted octanol–water partition coefficient (Wildman–Crippen LogP) is 1.07. The van der Waals surface area contributed by atoms with Gasteiger partial charge in [0, 0.05) is 11.4 Å². The lowest BCUT2D eigenvalue weighted by Crippen LogP contribution is -2.18. The van der Waals surface area contributed by atoms with E-state index < -0.39 is 11.9 Å². The molecule has 2 rings (SSSR count). The van der Waals surface area contributed by atoms with E-state index in [1.165, 1.54) is 0 Å². The highest BCUT2D eigenvalue weighted by Gasteiger charge is 2.18. The summed E-state index contributed by atoms with van der Waals surface area (Å²) >= 11 is 0. The van der Waals surface area contributed by atoms with Crippen LogP contribution < -0.4 is 10.6 Å². The number of anilines is 2. The van der Waals surface area contributed by atoms with Gasteiger partial charge in [0.2, 0.25) is 11.8 Å². The Hall–Kier alpha value is -2.37. The Bertz CT molecular complexity index is 539. The number of carbonyl (C=O) groups excluding carboxylic acids is 3. The molecule has 0 unspecified atom stereocenters. The lowest BCUT2D eigenvalue weighted by molar-refractivity contribution is -0.145. The van der Waals surface area contributed by atoms with E-state index >= 15 is 0 Å². The van der Waals surface area contributed by atoms with E-state index in [0.29, 0.717) is 12.1 Å². The largest absolute Gasteiger partial charge is 0.466 e. The van der Waals surface area contributed by atoms with Crippen molar-refractivity contribution in [1.29, 1.82) is 0 Å². The Balaban J connectivity index is 1.97. The Morgan fingerprint density at radius 3 is 2.95 bits per heavy atom. The summed E-state index contributed by atoms with van der Waals surface area (Å²) in [6.07, 6.45) is -0.0149. The number of hydrogen-bond donors (Lipinski definition) is 2. The number of nitrogens with one attached hydrogen (secondary N) is 2. The van der Waals surface area contributed by atoms with Crippen molar-refractivity contribution >= 4 is 29.2 Å². The van der Waals surface area contributed by atoms with Gasteiger partial charge >= 0.3 is 5.97 Å². The van der Waals surface area contributed by atoms with Gasteiger partial charge in [-0.2, -0.15) is 0 Å². The first-order valence-corrected chi connectivity index (χ1v) is 5.96. The van der Waals surface area contributed by atoms with Crippen molar-refractivity contribution in [3.8, 4) is 0 Å². The molecular weight excluding hydrogens is 248 g/mol. The van der Waals surface area contributed by atoms with E-state index in [2.05, 4.69) is 15.4 Å². The molecular formula is C13H14N2O4. The second-order valence-electron chi connectivity index (χ2n) is 4.13. The number of benzene rings is 1. The number of carbonyl (C=O) groups is 3. The van der Waals surface area contributed by atoms with Crippen LogP contribution in [0.25, 0.3) is 0 Å². The second kappa shape index (κ2) is 5.51. The molecule has 6 heteroatoms. The molecule has 1 aliphatic heterocycles. The summed E-state index contributed by atoms with van der Waals surface area (Å²) in [7, 11) is 0. The Morgan fingerprint density at radius 2 is 2.21 bits per heavy atom. The highest BCUT2D eigenvalue weighted by atomic mass is 16.5. The molecule has 0 spiro atoms. The average Bonchev–Trinajstić information content (AvgIpc) is 2.68. The zero-order chi connectivity index (χ0) is 13.8. The fourth-order valence-electron chi connectivity index (χ4n) is 1.86. The van der Waals surface area contributed by atoms with Crippen LogP contribution in [0.1, 0.15) is 18.9 Å². The van der Waals surface area contributed by atoms with Gasteiger partial charge in [-0.1, -0.05) is 0 Å². The lowest BCUT2D eigenvalue weighted by atomic mass is 10.1. The number of amides is 2. The highest BCUT2D eigenvalue weighted by molar-refractivity contribution is 6.03. The van der Waals surface area contributed by atoms with Crippen molar-refractivity contribution in [2.75, 3.05) is 17.2 Å². The minimum atomic E-state index is -0.557. The Morgan fingerprint density at radius 1 is 1.42 bits per heavy atom. The van der Waals surface area contributed by atoms with Crippen molar-refractivity contribution in [2.45, 2.75) is 19.8 Å². The topological polar surface area (TPSA) is 84.5 Å². The summed E-state index contributed by atoms with van der Waals surface area (Å²) in [4.78, 5) is 33.9. The molecule has 2 amide bonds. The molecule has 100 valence electrons. The molecule has 0 radical (unpaired) electrons. The van der Waals surface area contributed by atoms with Crippen LogP contribution in [-0.2, 0) is 25.5 Å². The SMILES string of the molecule is CCOC(=O)CC(=O)Nc1ccc2c(c1)CC(=O)N2. The summed E-state index contributed by atoms with van der Waals surface area (Å²) in [5, 5.41) is 5.30. The minimum absolute atomic E-state index is 0.0648.